The summed E-state index contributed by atoms with van der Waals surface area (Å²) in [5.41, 5.74) is 0.606. The summed E-state index contributed by atoms with van der Waals surface area (Å²) in [6.45, 7) is 0. The first-order chi connectivity index (χ1) is 7.61. The molecule has 0 aliphatic carbocycles. The fraction of sp³-hybridized carbons (Fsp3) is 0. The minimum absolute atomic E-state index is 0.0315. The zero-order valence-corrected chi connectivity index (χ0v) is 9.42. The van der Waals surface area contributed by atoms with E-state index in [1.165, 1.54) is 30.7 Å². The molecule has 3 nitrogen and oxygen atoms in total. The standard InChI is InChI=1S/C11H6Cl2O3/c12-9-7(1-2-8(14)10(9)13)11(15)6-3-4-16-5-6/h1-5,14H. The molecule has 0 spiro atoms. The molecule has 1 heterocycles. The van der Waals surface area contributed by atoms with Crippen LogP contribution in [0.5, 0.6) is 5.75 Å². The Morgan fingerprint density at radius 2 is 1.94 bits per heavy atom. The van der Waals surface area contributed by atoms with Crippen molar-refractivity contribution < 1.29 is 14.3 Å². The molecule has 0 unspecified atom stereocenters. The van der Waals surface area contributed by atoms with Gasteiger partial charge in [-0.25, -0.2) is 0 Å². The van der Waals surface area contributed by atoms with Crippen molar-refractivity contribution in [1.82, 2.24) is 0 Å². The summed E-state index contributed by atoms with van der Waals surface area (Å²) in [5, 5.41) is 9.29. The molecular weight excluding hydrogens is 251 g/mol. The minimum atomic E-state index is -0.305. The average molecular weight is 257 g/mol. The predicted octanol–water partition coefficient (Wildman–Crippen LogP) is 3.52. The molecule has 0 atom stereocenters. The van der Waals surface area contributed by atoms with Gasteiger partial charge < -0.3 is 9.52 Å². The fourth-order valence-corrected chi connectivity index (χ4v) is 1.67. The average Bonchev–Trinajstić information content (AvgIpc) is 2.79. The largest absolute Gasteiger partial charge is 0.506 e. The minimum Gasteiger partial charge on any atom is -0.506 e. The molecule has 2 aromatic rings. The van der Waals surface area contributed by atoms with Crippen LogP contribution in [0.15, 0.2) is 35.1 Å². The highest BCUT2D eigenvalue weighted by Gasteiger charge is 2.17. The second-order valence-corrected chi connectivity index (χ2v) is 3.86. The van der Waals surface area contributed by atoms with Crippen LogP contribution in [-0.2, 0) is 0 Å². The van der Waals surface area contributed by atoms with E-state index in [0.717, 1.165) is 0 Å². The lowest BCUT2D eigenvalue weighted by molar-refractivity contribution is 0.103. The second kappa shape index (κ2) is 4.20. The monoisotopic (exact) mass is 256 g/mol. The molecule has 0 bridgehead atoms. The van der Waals surface area contributed by atoms with Gasteiger partial charge in [-0.05, 0) is 18.2 Å². The van der Waals surface area contributed by atoms with Crippen molar-refractivity contribution >= 4 is 29.0 Å². The van der Waals surface area contributed by atoms with Gasteiger partial charge in [0, 0.05) is 5.56 Å². The van der Waals surface area contributed by atoms with Gasteiger partial charge in [-0.1, -0.05) is 23.2 Å². The third-order valence-electron chi connectivity index (χ3n) is 2.09. The van der Waals surface area contributed by atoms with Crippen molar-refractivity contribution in [2.24, 2.45) is 0 Å². The number of carbonyl (C=O) groups excluding carboxylic acids is 1. The number of ketones is 1. The summed E-state index contributed by atoms with van der Waals surface area (Å²) in [7, 11) is 0. The maximum absolute atomic E-state index is 11.9. The molecule has 0 fully saturated rings. The van der Waals surface area contributed by atoms with Gasteiger partial charge in [-0.15, -0.1) is 0 Å². The van der Waals surface area contributed by atoms with Crippen molar-refractivity contribution in [2.75, 3.05) is 0 Å². The molecular formula is C11H6Cl2O3. The lowest BCUT2D eigenvalue weighted by Gasteiger charge is -2.04. The molecule has 0 saturated heterocycles. The maximum atomic E-state index is 11.9. The highest BCUT2D eigenvalue weighted by atomic mass is 35.5. The first-order valence-electron chi connectivity index (χ1n) is 4.35. The van der Waals surface area contributed by atoms with Crippen molar-refractivity contribution in [1.29, 1.82) is 0 Å². The Kier molecular flexibility index (Phi) is 2.90. The maximum Gasteiger partial charge on any atom is 0.197 e. The van der Waals surface area contributed by atoms with E-state index in [1.54, 1.807) is 0 Å². The van der Waals surface area contributed by atoms with E-state index < -0.39 is 0 Å². The predicted molar refractivity (Wildman–Crippen MR) is 60.3 cm³/mol. The zero-order chi connectivity index (χ0) is 11.7. The topological polar surface area (TPSA) is 50.4 Å². The first kappa shape index (κ1) is 11.0. The molecule has 0 aliphatic rings. The smallest absolute Gasteiger partial charge is 0.197 e. The molecule has 1 aromatic heterocycles. The number of hydrogen-bond donors (Lipinski definition) is 1. The summed E-state index contributed by atoms with van der Waals surface area (Å²) in [4.78, 5) is 11.9. The third-order valence-corrected chi connectivity index (χ3v) is 2.96. The Balaban J connectivity index is 2.50. The normalized spacial score (nSPS) is 10.4. The number of carbonyl (C=O) groups is 1. The molecule has 0 saturated carbocycles. The molecule has 2 rings (SSSR count). The molecule has 0 aliphatic heterocycles. The van der Waals surface area contributed by atoms with Gasteiger partial charge in [0.15, 0.2) is 5.78 Å². The van der Waals surface area contributed by atoms with E-state index in [1.807, 2.05) is 0 Å². The van der Waals surface area contributed by atoms with Crippen LogP contribution in [0.4, 0.5) is 0 Å². The Hall–Kier alpha value is -1.45. The number of benzene rings is 1. The Labute approximate surface area is 101 Å². The lowest BCUT2D eigenvalue weighted by Crippen LogP contribution is -2.00. The first-order valence-corrected chi connectivity index (χ1v) is 5.10. The van der Waals surface area contributed by atoms with Crippen molar-refractivity contribution in [3.8, 4) is 5.75 Å². The van der Waals surface area contributed by atoms with Gasteiger partial charge in [-0.2, -0.15) is 0 Å². The number of furan rings is 1. The van der Waals surface area contributed by atoms with Gasteiger partial charge in [0.25, 0.3) is 0 Å². The van der Waals surface area contributed by atoms with E-state index in [2.05, 4.69) is 0 Å². The molecule has 1 aromatic carbocycles. The molecule has 5 heteroatoms. The SMILES string of the molecule is O=C(c1ccoc1)c1ccc(O)c(Cl)c1Cl. The van der Waals surface area contributed by atoms with Crippen LogP contribution in [0.1, 0.15) is 15.9 Å². The summed E-state index contributed by atoms with van der Waals surface area (Å²) in [6.07, 6.45) is 2.71. The van der Waals surface area contributed by atoms with Crippen molar-refractivity contribution in [3.63, 3.8) is 0 Å². The highest BCUT2D eigenvalue weighted by Crippen LogP contribution is 2.34. The molecule has 0 amide bonds. The van der Waals surface area contributed by atoms with Gasteiger partial charge >= 0.3 is 0 Å². The van der Waals surface area contributed by atoms with Crippen LogP contribution in [0.2, 0.25) is 10.0 Å². The van der Waals surface area contributed by atoms with Crippen LogP contribution in [0.3, 0.4) is 0 Å². The number of halogens is 2. The fourth-order valence-electron chi connectivity index (χ4n) is 1.26. The van der Waals surface area contributed by atoms with Crippen LogP contribution in [-0.4, -0.2) is 10.9 Å². The van der Waals surface area contributed by atoms with Crippen LogP contribution < -0.4 is 0 Å². The third kappa shape index (κ3) is 1.79. The quantitative estimate of drug-likeness (QED) is 0.837. The van der Waals surface area contributed by atoms with E-state index in [4.69, 9.17) is 27.6 Å². The van der Waals surface area contributed by atoms with Crippen LogP contribution in [0, 0.1) is 0 Å². The van der Waals surface area contributed by atoms with E-state index >= 15 is 0 Å². The summed E-state index contributed by atoms with van der Waals surface area (Å²) >= 11 is 11.6. The number of phenolic OH excluding ortho intramolecular Hbond substituents is 1. The van der Waals surface area contributed by atoms with E-state index in [-0.39, 0.29) is 27.1 Å². The van der Waals surface area contributed by atoms with Crippen LogP contribution >= 0.6 is 23.2 Å². The molecule has 0 radical (unpaired) electrons. The van der Waals surface area contributed by atoms with Gasteiger partial charge in [0.1, 0.15) is 17.0 Å². The van der Waals surface area contributed by atoms with Gasteiger partial charge in [-0.3, -0.25) is 4.79 Å². The summed E-state index contributed by atoms with van der Waals surface area (Å²) < 4.78 is 4.80. The van der Waals surface area contributed by atoms with Gasteiger partial charge in [0.05, 0.1) is 16.8 Å². The molecule has 82 valence electrons. The lowest BCUT2D eigenvalue weighted by atomic mass is 10.1. The number of rotatable bonds is 2. The Morgan fingerprint density at radius 1 is 1.19 bits per heavy atom. The summed E-state index contributed by atoms with van der Waals surface area (Å²) in [5.74, 6) is -0.462. The number of aromatic hydroxyl groups is 1. The highest BCUT2D eigenvalue weighted by molar-refractivity contribution is 6.45. The van der Waals surface area contributed by atoms with E-state index in [9.17, 15) is 9.90 Å². The number of hydrogen-bond acceptors (Lipinski definition) is 3. The second-order valence-electron chi connectivity index (χ2n) is 3.10. The summed E-state index contributed by atoms with van der Waals surface area (Å²) in [6, 6.07) is 4.26. The van der Waals surface area contributed by atoms with Crippen molar-refractivity contribution in [3.05, 3.63) is 51.9 Å². The Bertz CT molecular complexity index is 532. The number of phenols is 1. The molecule has 1 N–H and O–H groups in total. The van der Waals surface area contributed by atoms with Crippen LogP contribution in [0.25, 0.3) is 0 Å². The van der Waals surface area contributed by atoms with Gasteiger partial charge in [0.2, 0.25) is 0 Å². The van der Waals surface area contributed by atoms with E-state index in [0.29, 0.717) is 5.56 Å². The van der Waals surface area contributed by atoms with Crippen molar-refractivity contribution in [2.45, 2.75) is 0 Å². The Morgan fingerprint density at radius 3 is 2.56 bits per heavy atom. The zero-order valence-electron chi connectivity index (χ0n) is 7.91. The molecule has 16 heavy (non-hydrogen) atoms.